The van der Waals surface area contributed by atoms with Gasteiger partial charge < -0.3 is 29.6 Å². The highest BCUT2D eigenvalue weighted by atomic mass is 31.2. The Morgan fingerprint density at radius 3 is 2.58 bits per heavy atom. The first-order valence-corrected chi connectivity index (χ1v) is 15.0. The third-order valence-electron chi connectivity index (χ3n) is 6.21. The van der Waals surface area contributed by atoms with Crippen LogP contribution in [0, 0.1) is 6.92 Å². The van der Waals surface area contributed by atoms with Crippen LogP contribution in [0.5, 0.6) is 11.5 Å². The number of para-hydroxylation sites is 1. The lowest BCUT2D eigenvalue weighted by atomic mass is 10.2. The van der Waals surface area contributed by atoms with Crippen molar-refractivity contribution in [3.63, 3.8) is 0 Å². The second kappa shape index (κ2) is 11.8. The Kier molecular flexibility index (Phi) is 8.49. The molecule has 1 aromatic heterocycles. The van der Waals surface area contributed by atoms with E-state index in [-0.39, 0.29) is 0 Å². The lowest BCUT2D eigenvalue weighted by Gasteiger charge is -2.17. The van der Waals surface area contributed by atoms with E-state index >= 15 is 0 Å². The number of aromatic nitrogens is 2. The van der Waals surface area contributed by atoms with Crippen LogP contribution in [0.4, 0.5) is 23.1 Å². The molecule has 9 heteroatoms. The molecule has 1 saturated heterocycles. The van der Waals surface area contributed by atoms with E-state index in [2.05, 4.69) is 25.5 Å². The highest BCUT2D eigenvalue weighted by molar-refractivity contribution is 7.70. The van der Waals surface area contributed by atoms with E-state index < -0.39 is 7.14 Å². The summed E-state index contributed by atoms with van der Waals surface area (Å²) in [5, 5.41) is 7.38. The molecule has 0 radical (unpaired) electrons. The summed E-state index contributed by atoms with van der Waals surface area (Å²) in [5.74, 6) is 2.49. The van der Waals surface area contributed by atoms with Crippen LogP contribution in [0.25, 0.3) is 0 Å². The highest BCUT2D eigenvalue weighted by Crippen LogP contribution is 2.38. The maximum Gasteiger partial charge on any atom is 0.229 e. The van der Waals surface area contributed by atoms with Crippen LogP contribution in [0.3, 0.4) is 0 Å². The zero-order chi connectivity index (χ0) is 25.5. The molecule has 2 aromatic carbocycles. The lowest BCUT2D eigenvalue weighted by Crippen LogP contribution is -2.21. The number of nitrogens with one attached hydrogen (secondary N) is 2. The van der Waals surface area contributed by atoms with Crippen LogP contribution in [-0.2, 0) is 4.57 Å². The number of aryl methyl sites for hydroxylation is 1. The Morgan fingerprint density at radius 2 is 1.83 bits per heavy atom. The molecule has 2 N–H and O–H groups in total. The number of ether oxygens (including phenoxy) is 2. The number of hydrogen-bond donors (Lipinski definition) is 2. The standard InChI is InChI=1S/C27H36N5O3P/c1-20-19-28-27(31-26(20)29-23-10-5-6-11-25(23)36(3,4)33)30-22-13-12-21(18-24(22)34-2)35-17-9-16-32-14-7-8-15-32/h5-6,10-13,18-19H,7-9,14-17H2,1-4H3,(H2,28,29,30,31). The maximum absolute atomic E-state index is 12.8. The van der Waals surface area contributed by atoms with E-state index in [4.69, 9.17) is 9.47 Å². The van der Waals surface area contributed by atoms with Gasteiger partial charge in [-0.25, -0.2) is 4.98 Å². The fourth-order valence-electron chi connectivity index (χ4n) is 4.27. The summed E-state index contributed by atoms with van der Waals surface area (Å²) >= 11 is 0. The molecular formula is C27H36N5O3P. The van der Waals surface area contributed by atoms with E-state index in [1.54, 1.807) is 26.6 Å². The normalized spacial score (nSPS) is 14.0. The fraction of sp³-hybridized carbons (Fsp3) is 0.407. The maximum atomic E-state index is 12.8. The van der Waals surface area contributed by atoms with Gasteiger partial charge in [0.1, 0.15) is 24.5 Å². The molecule has 0 amide bonds. The van der Waals surface area contributed by atoms with Crippen molar-refractivity contribution in [2.75, 3.05) is 57.3 Å². The summed E-state index contributed by atoms with van der Waals surface area (Å²) in [6, 6.07) is 13.3. The van der Waals surface area contributed by atoms with Gasteiger partial charge in [-0.3, -0.25) is 0 Å². The summed E-state index contributed by atoms with van der Waals surface area (Å²) in [7, 11) is -0.828. The summed E-state index contributed by atoms with van der Waals surface area (Å²) in [6.45, 7) is 9.63. The summed E-state index contributed by atoms with van der Waals surface area (Å²) < 4.78 is 24.3. The van der Waals surface area contributed by atoms with E-state index in [0.29, 0.717) is 24.1 Å². The lowest BCUT2D eigenvalue weighted by molar-refractivity contribution is 0.262. The van der Waals surface area contributed by atoms with E-state index in [9.17, 15) is 4.57 Å². The zero-order valence-electron chi connectivity index (χ0n) is 21.6. The second-order valence-corrected chi connectivity index (χ2v) is 12.6. The quantitative estimate of drug-likeness (QED) is 0.263. The first-order valence-electron chi connectivity index (χ1n) is 12.4. The van der Waals surface area contributed by atoms with Gasteiger partial charge in [0.25, 0.3) is 0 Å². The molecule has 0 bridgehead atoms. The second-order valence-electron chi connectivity index (χ2n) is 9.46. The third-order valence-corrected chi connectivity index (χ3v) is 7.76. The molecule has 2 heterocycles. The Bertz CT molecular complexity index is 1220. The summed E-state index contributed by atoms with van der Waals surface area (Å²) in [4.78, 5) is 11.6. The Balaban J connectivity index is 1.44. The number of likely N-dealkylation sites (tertiary alicyclic amines) is 1. The average Bonchev–Trinajstić information content (AvgIpc) is 3.38. The summed E-state index contributed by atoms with van der Waals surface area (Å²) in [6.07, 6.45) is 5.37. The number of hydrogen-bond acceptors (Lipinski definition) is 8. The minimum absolute atomic E-state index is 0.425. The molecule has 8 nitrogen and oxygen atoms in total. The van der Waals surface area contributed by atoms with Crippen LogP contribution in [0.1, 0.15) is 24.8 Å². The molecule has 0 atom stereocenters. The SMILES string of the molecule is COc1cc(OCCCN2CCCC2)ccc1Nc1ncc(C)c(Nc2ccccc2P(C)(C)=O)n1. The monoisotopic (exact) mass is 509 g/mol. The van der Waals surface area contributed by atoms with Gasteiger partial charge in [0.2, 0.25) is 5.95 Å². The van der Waals surface area contributed by atoms with Gasteiger partial charge >= 0.3 is 0 Å². The number of rotatable bonds is 11. The van der Waals surface area contributed by atoms with Crippen molar-refractivity contribution >= 4 is 35.6 Å². The minimum Gasteiger partial charge on any atom is -0.494 e. The van der Waals surface area contributed by atoms with Gasteiger partial charge in [-0.15, -0.1) is 0 Å². The molecule has 192 valence electrons. The van der Waals surface area contributed by atoms with Gasteiger partial charge in [-0.2, -0.15) is 4.98 Å². The average molecular weight is 510 g/mol. The first kappa shape index (κ1) is 26.0. The van der Waals surface area contributed by atoms with Gasteiger partial charge in [0, 0.05) is 29.7 Å². The molecule has 1 aliphatic heterocycles. The Morgan fingerprint density at radius 1 is 1.06 bits per heavy atom. The summed E-state index contributed by atoms with van der Waals surface area (Å²) in [5.41, 5.74) is 2.40. The van der Waals surface area contributed by atoms with E-state index in [1.165, 1.54) is 25.9 Å². The Labute approximate surface area is 213 Å². The van der Waals surface area contributed by atoms with Crippen molar-refractivity contribution < 1.29 is 14.0 Å². The fourth-order valence-corrected chi connectivity index (χ4v) is 5.43. The number of nitrogens with zero attached hydrogens (tertiary/aromatic N) is 3. The molecule has 0 aliphatic carbocycles. The predicted octanol–water partition coefficient (Wildman–Crippen LogP) is 5.39. The molecule has 0 spiro atoms. The van der Waals surface area contributed by atoms with Crippen molar-refractivity contribution in [3.05, 3.63) is 54.2 Å². The highest BCUT2D eigenvalue weighted by Gasteiger charge is 2.17. The van der Waals surface area contributed by atoms with Crippen molar-refractivity contribution in [3.8, 4) is 11.5 Å². The smallest absolute Gasteiger partial charge is 0.229 e. The largest absolute Gasteiger partial charge is 0.494 e. The van der Waals surface area contributed by atoms with Crippen LogP contribution < -0.4 is 25.4 Å². The number of methoxy groups -OCH3 is 1. The van der Waals surface area contributed by atoms with E-state index in [0.717, 1.165) is 41.0 Å². The van der Waals surface area contributed by atoms with Crippen molar-refractivity contribution in [2.24, 2.45) is 0 Å². The predicted molar refractivity (Wildman–Crippen MR) is 148 cm³/mol. The Hall–Kier alpha value is -3.09. The minimum atomic E-state index is -2.46. The topological polar surface area (TPSA) is 88.6 Å². The molecule has 4 rings (SSSR count). The molecule has 1 fully saturated rings. The molecular weight excluding hydrogens is 473 g/mol. The zero-order valence-corrected chi connectivity index (χ0v) is 22.5. The van der Waals surface area contributed by atoms with Gasteiger partial charge in [0.05, 0.1) is 25.1 Å². The molecule has 1 aliphatic rings. The van der Waals surface area contributed by atoms with Crippen LogP contribution in [0.15, 0.2) is 48.7 Å². The first-order chi connectivity index (χ1) is 17.3. The van der Waals surface area contributed by atoms with Crippen LogP contribution >= 0.6 is 7.14 Å². The molecule has 36 heavy (non-hydrogen) atoms. The van der Waals surface area contributed by atoms with Crippen molar-refractivity contribution in [2.45, 2.75) is 26.2 Å². The number of anilines is 4. The van der Waals surface area contributed by atoms with Crippen LogP contribution in [-0.4, -0.2) is 61.5 Å². The third kappa shape index (κ3) is 6.77. The van der Waals surface area contributed by atoms with Crippen molar-refractivity contribution in [1.29, 1.82) is 0 Å². The number of benzene rings is 2. The van der Waals surface area contributed by atoms with Gasteiger partial charge in [-0.1, -0.05) is 12.1 Å². The van der Waals surface area contributed by atoms with E-state index in [1.807, 2.05) is 49.4 Å². The van der Waals surface area contributed by atoms with Crippen LogP contribution in [0.2, 0.25) is 0 Å². The molecule has 3 aromatic rings. The molecule has 0 unspecified atom stereocenters. The molecule has 0 saturated carbocycles. The van der Waals surface area contributed by atoms with Gasteiger partial charge in [-0.05, 0) is 76.9 Å². The van der Waals surface area contributed by atoms with Crippen molar-refractivity contribution in [1.82, 2.24) is 14.9 Å². The van der Waals surface area contributed by atoms with Gasteiger partial charge in [0.15, 0.2) is 0 Å².